The predicted molar refractivity (Wildman–Crippen MR) is 137 cm³/mol. The zero-order chi connectivity index (χ0) is 25.9. The van der Waals surface area contributed by atoms with Crippen LogP contribution in [0.5, 0.6) is 0 Å². The maximum atomic E-state index is 14.9. The molecule has 0 spiro atoms. The summed E-state index contributed by atoms with van der Waals surface area (Å²) in [5.41, 5.74) is 3.59. The van der Waals surface area contributed by atoms with Crippen molar-refractivity contribution in [3.05, 3.63) is 89.8 Å². The van der Waals surface area contributed by atoms with Gasteiger partial charge < -0.3 is 10.1 Å². The van der Waals surface area contributed by atoms with Gasteiger partial charge in [0.15, 0.2) is 0 Å². The minimum Gasteiger partial charge on any atom is -0.342 e. The van der Waals surface area contributed by atoms with Crippen molar-refractivity contribution >= 4 is 28.9 Å². The van der Waals surface area contributed by atoms with E-state index in [1.165, 1.54) is 18.3 Å². The van der Waals surface area contributed by atoms with E-state index in [0.717, 1.165) is 22.2 Å². The fourth-order valence-electron chi connectivity index (χ4n) is 4.28. The van der Waals surface area contributed by atoms with Crippen LogP contribution in [0.3, 0.4) is 0 Å². The van der Waals surface area contributed by atoms with E-state index in [1.54, 1.807) is 23.0 Å². The second-order valence-corrected chi connectivity index (χ2v) is 9.35. The molecule has 2 aromatic carbocycles. The molecule has 9 heteroatoms. The van der Waals surface area contributed by atoms with Crippen molar-refractivity contribution in [1.29, 1.82) is 0 Å². The van der Waals surface area contributed by atoms with Crippen LogP contribution in [0.25, 0.3) is 27.9 Å². The van der Waals surface area contributed by atoms with Gasteiger partial charge in [-0.25, -0.2) is 18.9 Å². The molecule has 37 heavy (non-hydrogen) atoms. The molecular formula is C28H25FN6O2. The molecule has 0 saturated carbocycles. The fraction of sp³-hybridized carbons (Fsp3) is 0.214. The lowest BCUT2D eigenvalue weighted by molar-refractivity contribution is -0.109. The molecule has 5 aromatic rings. The van der Waals surface area contributed by atoms with E-state index < -0.39 is 17.8 Å². The minimum absolute atomic E-state index is 0.137. The van der Waals surface area contributed by atoms with Gasteiger partial charge in [-0.15, -0.1) is 0 Å². The Morgan fingerprint density at radius 3 is 2.70 bits per heavy atom. The largest absolute Gasteiger partial charge is 0.342 e. The third-order valence-electron chi connectivity index (χ3n) is 6.07. The molecule has 1 N–H and O–H groups in total. The number of hydrogen-bond donors (Lipinski definition) is 1. The van der Waals surface area contributed by atoms with Crippen molar-refractivity contribution in [2.45, 2.75) is 32.7 Å². The third-order valence-corrected chi connectivity index (χ3v) is 6.07. The first-order valence-corrected chi connectivity index (χ1v) is 12.0. The van der Waals surface area contributed by atoms with Gasteiger partial charge in [-0.1, -0.05) is 32.0 Å². The second kappa shape index (κ2) is 10.2. The first-order chi connectivity index (χ1) is 17.9. The van der Waals surface area contributed by atoms with Crippen LogP contribution in [-0.4, -0.2) is 42.8 Å². The standard InChI is InChI=1S/C28H25FN6O2/c1-17(2)10-21(16-36)33-27(37)23-7-6-20(13-24(23)29)26-15-32-28-31-14-22(35(28)34-26)12-18-5-8-25-19(11-18)4-3-9-30-25/h3-9,11,13-17,21H,10,12H2,1-2H3,(H,33,37)/t21-/m0/s1. The van der Waals surface area contributed by atoms with Crippen molar-refractivity contribution in [2.24, 2.45) is 5.92 Å². The zero-order valence-electron chi connectivity index (χ0n) is 20.4. The van der Waals surface area contributed by atoms with Crippen LogP contribution in [-0.2, 0) is 11.2 Å². The first kappa shape index (κ1) is 24.2. The summed E-state index contributed by atoms with van der Waals surface area (Å²) in [7, 11) is 0. The van der Waals surface area contributed by atoms with E-state index in [2.05, 4.69) is 31.4 Å². The Morgan fingerprint density at radius 2 is 1.92 bits per heavy atom. The monoisotopic (exact) mass is 496 g/mol. The lowest BCUT2D eigenvalue weighted by Gasteiger charge is -2.15. The van der Waals surface area contributed by atoms with Crippen LogP contribution in [0, 0.1) is 11.7 Å². The summed E-state index contributed by atoms with van der Waals surface area (Å²) in [5, 5.41) is 8.27. The van der Waals surface area contributed by atoms with Crippen LogP contribution in [0.15, 0.2) is 67.1 Å². The number of imidazole rings is 1. The Balaban J connectivity index is 1.40. The average molecular weight is 497 g/mol. The Kier molecular flexibility index (Phi) is 6.68. The number of amides is 1. The highest BCUT2D eigenvalue weighted by Gasteiger charge is 2.18. The van der Waals surface area contributed by atoms with Gasteiger partial charge >= 0.3 is 0 Å². The number of aromatic nitrogens is 5. The molecule has 3 heterocycles. The number of pyridine rings is 1. The van der Waals surface area contributed by atoms with Gasteiger partial charge in [0.05, 0.1) is 35.2 Å². The normalized spacial score (nSPS) is 12.2. The summed E-state index contributed by atoms with van der Waals surface area (Å²) in [6, 6.07) is 13.6. The Morgan fingerprint density at radius 1 is 1.08 bits per heavy atom. The highest BCUT2D eigenvalue weighted by Crippen LogP contribution is 2.22. The molecule has 0 aliphatic carbocycles. The summed E-state index contributed by atoms with van der Waals surface area (Å²) in [6.45, 7) is 3.89. The van der Waals surface area contributed by atoms with Crippen LogP contribution in [0.4, 0.5) is 4.39 Å². The van der Waals surface area contributed by atoms with Gasteiger partial charge in [-0.3, -0.25) is 9.78 Å². The molecule has 0 bridgehead atoms. The summed E-state index contributed by atoms with van der Waals surface area (Å²) in [6.07, 6.45) is 6.74. The predicted octanol–water partition coefficient (Wildman–Crippen LogP) is 4.41. The van der Waals surface area contributed by atoms with Crippen molar-refractivity contribution in [2.75, 3.05) is 0 Å². The van der Waals surface area contributed by atoms with Gasteiger partial charge in [-0.05, 0) is 48.2 Å². The summed E-state index contributed by atoms with van der Waals surface area (Å²) >= 11 is 0. The van der Waals surface area contributed by atoms with Crippen molar-refractivity contribution < 1.29 is 14.0 Å². The van der Waals surface area contributed by atoms with E-state index >= 15 is 0 Å². The number of halogens is 1. The van der Waals surface area contributed by atoms with Crippen molar-refractivity contribution in [3.8, 4) is 11.3 Å². The van der Waals surface area contributed by atoms with Crippen LogP contribution >= 0.6 is 0 Å². The van der Waals surface area contributed by atoms with Gasteiger partial charge in [-0.2, -0.15) is 5.10 Å². The molecule has 0 aliphatic rings. The molecule has 0 aliphatic heterocycles. The minimum atomic E-state index is -0.707. The van der Waals surface area contributed by atoms with Crippen molar-refractivity contribution in [1.82, 2.24) is 29.9 Å². The Labute approximate surface area is 212 Å². The lowest BCUT2D eigenvalue weighted by Crippen LogP contribution is -2.37. The summed E-state index contributed by atoms with van der Waals surface area (Å²) < 4.78 is 16.6. The number of benzene rings is 2. The first-order valence-electron chi connectivity index (χ1n) is 12.0. The van der Waals surface area contributed by atoms with Gasteiger partial charge in [0.1, 0.15) is 17.8 Å². The zero-order valence-corrected chi connectivity index (χ0v) is 20.4. The molecule has 1 atom stereocenters. The molecule has 0 radical (unpaired) electrons. The van der Waals surface area contributed by atoms with E-state index in [4.69, 9.17) is 0 Å². The number of hydrogen-bond acceptors (Lipinski definition) is 6. The van der Waals surface area contributed by atoms with Crippen LogP contribution in [0.2, 0.25) is 0 Å². The average Bonchev–Trinajstić information content (AvgIpc) is 3.29. The molecule has 0 unspecified atom stereocenters. The summed E-state index contributed by atoms with van der Waals surface area (Å²) in [4.78, 5) is 36.9. The number of nitrogens with zero attached hydrogens (tertiary/aromatic N) is 5. The number of carbonyl (C=O) groups excluding carboxylic acids is 2. The van der Waals surface area contributed by atoms with Gasteiger partial charge in [0.25, 0.3) is 11.7 Å². The number of aldehydes is 1. The number of fused-ring (bicyclic) bond motifs is 2. The van der Waals surface area contributed by atoms with Gasteiger partial charge in [0.2, 0.25) is 0 Å². The van der Waals surface area contributed by atoms with E-state index in [-0.39, 0.29) is 11.5 Å². The third kappa shape index (κ3) is 5.20. The molecule has 186 valence electrons. The number of carbonyl (C=O) groups is 2. The molecule has 1 amide bonds. The smallest absolute Gasteiger partial charge is 0.254 e. The number of rotatable bonds is 8. The molecular weight excluding hydrogens is 471 g/mol. The highest BCUT2D eigenvalue weighted by atomic mass is 19.1. The fourth-order valence-corrected chi connectivity index (χ4v) is 4.28. The summed E-state index contributed by atoms with van der Waals surface area (Å²) in [5.74, 6) is -0.696. The van der Waals surface area contributed by atoms with E-state index in [1.807, 2.05) is 38.1 Å². The highest BCUT2D eigenvalue weighted by molar-refractivity contribution is 5.96. The number of nitrogens with one attached hydrogen (secondary N) is 1. The topological polar surface area (TPSA) is 102 Å². The maximum Gasteiger partial charge on any atom is 0.254 e. The SMILES string of the molecule is CC(C)C[C@@H](C=O)NC(=O)c1ccc(-c2cnc3ncc(Cc4ccc5ncccc5c4)n3n2)cc1F. The quantitative estimate of drug-likeness (QED) is 0.319. The molecule has 3 aromatic heterocycles. The Bertz CT molecular complexity index is 1610. The molecule has 5 rings (SSSR count). The molecule has 0 saturated heterocycles. The van der Waals surface area contributed by atoms with E-state index in [9.17, 15) is 14.0 Å². The van der Waals surface area contributed by atoms with Gasteiger partial charge in [0, 0.05) is 23.6 Å². The van der Waals surface area contributed by atoms with E-state index in [0.29, 0.717) is 36.2 Å². The lowest BCUT2D eigenvalue weighted by atomic mass is 10.0. The van der Waals surface area contributed by atoms with Crippen LogP contribution in [0.1, 0.15) is 41.9 Å². The second-order valence-electron chi connectivity index (χ2n) is 9.35. The molecule has 8 nitrogen and oxygen atoms in total. The molecule has 0 fully saturated rings. The maximum absolute atomic E-state index is 14.9. The van der Waals surface area contributed by atoms with Crippen LogP contribution < -0.4 is 5.32 Å². The Hall–Kier alpha value is -4.53. The van der Waals surface area contributed by atoms with Crippen molar-refractivity contribution in [3.63, 3.8) is 0 Å².